The minimum Gasteiger partial charge on any atom is -0.384 e. The van der Waals surface area contributed by atoms with Crippen molar-refractivity contribution in [2.45, 2.75) is 32.6 Å². The fraction of sp³-hybridized carbons (Fsp3) is 0.538. The summed E-state index contributed by atoms with van der Waals surface area (Å²) in [7, 11) is 0. The van der Waals surface area contributed by atoms with E-state index in [1.165, 1.54) is 25.7 Å². The molecule has 0 bridgehead atoms. The van der Waals surface area contributed by atoms with E-state index in [-0.39, 0.29) is 10.6 Å². The minimum absolute atomic E-state index is 0.144. The average molecular weight is 234 g/mol. The van der Waals surface area contributed by atoms with Crippen LogP contribution in [0.15, 0.2) is 24.3 Å². The highest BCUT2D eigenvalue weighted by Gasteiger charge is 2.40. The Balaban J connectivity index is 1.89. The number of hydrogen-bond acceptors (Lipinski definition) is 3. The standard InChI is InChI=1S/C13H18N2O2/c1-2-7-13(8-9-13)10-14-11-3-5-12(6-4-11)15(16)17/h3-6,14H,2,7-10H2,1H3. The number of nitro benzene ring substituents is 1. The molecule has 2 rings (SSSR count). The summed E-state index contributed by atoms with van der Waals surface area (Å²) in [6, 6.07) is 6.64. The van der Waals surface area contributed by atoms with Crippen molar-refractivity contribution in [1.29, 1.82) is 0 Å². The van der Waals surface area contributed by atoms with Crippen LogP contribution in [0.4, 0.5) is 11.4 Å². The molecule has 0 aliphatic heterocycles. The quantitative estimate of drug-likeness (QED) is 0.604. The zero-order valence-corrected chi connectivity index (χ0v) is 10.1. The van der Waals surface area contributed by atoms with Crippen LogP contribution in [0.1, 0.15) is 32.6 Å². The zero-order chi connectivity index (χ0) is 12.3. The molecule has 1 aromatic rings. The predicted octanol–water partition coefficient (Wildman–Crippen LogP) is 3.59. The van der Waals surface area contributed by atoms with Crippen LogP contribution in [0, 0.1) is 15.5 Å². The van der Waals surface area contributed by atoms with Crippen molar-refractivity contribution in [3.8, 4) is 0 Å². The van der Waals surface area contributed by atoms with Gasteiger partial charge in [-0.1, -0.05) is 13.3 Å². The molecule has 0 saturated heterocycles. The lowest BCUT2D eigenvalue weighted by atomic mass is 10.0. The second-order valence-corrected chi connectivity index (χ2v) is 4.91. The second-order valence-electron chi connectivity index (χ2n) is 4.91. The van der Waals surface area contributed by atoms with Gasteiger partial charge in [0.2, 0.25) is 0 Å². The molecule has 1 fully saturated rings. The van der Waals surface area contributed by atoms with Gasteiger partial charge < -0.3 is 5.32 Å². The summed E-state index contributed by atoms with van der Waals surface area (Å²) in [4.78, 5) is 10.1. The SMILES string of the molecule is CCCC1(CNc2ccc([N+](=O)[O-])cc2)CC1. The van der Waals surface area contributed by atoms with Crippen LogP contribution >= 0.6 is 0 Å². The molecule has 17 heavy (non-hydrogen) atoms. The molecular formula is C13H18N2O2. The number of non-ortho nitro benzene ring substituents is 1. The van der Waals surface area contributed by atoms with Crippen molar-refractivity contribution >= 4 is 11.4 Å². The van der Waals surface area contributed by atoms with Crippen LogP contribution in [-0.2, 0) is 0 Å². The third-order valence-corrected chi connectivity index (χ3v) is 3.48. The normalized spacial score (nSPS) is 16.5. The third-order valence-electron chi connectivity index (χ3n) is 3.48. The van der Waals surface area contributed by atoms with E-state index in [1.807, 2.05) is 0 Å². The van der Waals surface area contributed by atoms with Gasteiger partial charge in [0.05, 0.1) is 4.92 Å². The molecule has 0 unspecified atom stereocenters. The lowest BCUT2D eigenvalue weighted by molar-refractivity contribution is -0.384. The molecule has 1 aliphatic rings. The van der Waals surface area contributed by atoms with E-state index in [2.05, 4.69) is 12.2 Å². The number of nitrogens with zero attached hydrogens (tertiary/aromatic N) is 1. The Morgan fingerprint density at radius 1 is 1.35 bits per heavy atom. The molecular weight excluding hydrogens is 216 g/mol. The lowest BCUT2D eigenvalue weighted by Crippen LogP contribution is -2.15. The van der Waals surface area contributed by atoms with Gasteiger partial charge in [0.15, 0.2) is 0 Å². The van der Waals surface area contributed by atoms with Crippen LogP contribution in [0.25, 0.3) is 0 Å². The molecule has 0 aromatic heterocycles. The topological polar surface area (TPSA) is 55.2 Å². The van der Waals surface area contributed by atoms with Crippen LogP contribution < -0.4 is 5.32 Å². The maximum Gasteiger partial charge on any atom is 0.269 e. The Labute approximate surface area is 101 Å². The first-order chi connectivity index (χ1) is 8.15. The molecule has 0 amide bonds. The Kier molecular flexibility index (Phi) is 3.31. The maximum absolute atomic E-state index is 10.5. The van der Waals surface area contributed by atoms with E-state index in [0.29, 0.717) is 5.41 Å². The predicted molar refractivity (Wildman–Crippen MR) is 68.2 cm³/mol. The molecule has 1 saturated carbocycles. The summed E-state index contributed by atoms with van der Waals surface area (Å²) in [6.45, 7) is 3.20. The van der Waals surface area contributed by atoms with E-state index >= 15 is 0 Å². The number of nitrogens with one attached hydrogen (secondary N) is 1. The van der Waals surface area contributed by atoms with Crippen LogP contribution in [0.2, 0.25) is 0 Å². The smallest absolute Gasteiger partial charge is 0.269 e. The molecule has 0 heterocycles. The van der Waals surface area contributed by atoms with E-state index in [9.17, 15) is 10.1 Å². The summed E-state index contributed by atoms with van der Waals surface area (Å²) in [5.41, 5.74) is 1.61. The Morgan fingerprint density at radius 3 is 2.47 bits per heavy atom. The van der Waals surface area contributed by atoms with Gasteiger partial charge in [0.25, 0.3) is 5.69 Å². The molecule has 1 aromatic carbocycles. The molecule has 4 nitrogen and oxygen atoms in total. The Bertz CT molecular complexity index is 396. The van der Waals surface area contributed by atoms with Crippen molar-refractivity contribution in [3.63, 3.8) is 0 Å². The monoisotopic (exact) mass is 234 g/mol. The minimum atomic E-state index is -0.372. The number of benzene rings is 1. The second kappa shape index (κ2) is 4.73. The van der Waals surface area contributed by atoms with Gasteiger partial charge in [-0.15, -0.1) is 0 Å². The summed E-state index contributed by atoms with van der Waals surface area (Å²) >= 11 is 0. The van der Waals surface area contributed by atoms with Crippen LogP contribution in [0.3, 0.4) is 0 Å². The summed E-state index contributed by atoms with van der Waals surface area (Å²) in [5.74, 6) is 0. The fourth-order valence-corrected chi connectivity index (χ4v) is 2.21. The molecule has 92 valence electrons. The van der Waals surface area contributed by atoms with Gasteiger partial charge in [0.1, 0.15) is 0 Å². The van der Waals surface area contributed by atoms with Gasteiger partial charge in [0, 0.05) is 24.4 Å². The highest BCUT2D eigenvalue weighted by atomic mass is 16.6. The van der Waals surface area contributed by atoms with E-state index in [4.69, 9.17) is 0 Å². The van der Waals surface area contributed by atoms with Crippen LogP contribution in [-0.4, -0.2) is 11.5 Å². The van der Waals surface area contributed by atoms with Crippen LogP contribution in [0.5, 0.6) is 0 Å². The summed E-state index contributed by atoms with van der Waals surface area (Å²) < 4.78 is 0. The molecule has 1 N–H and O–H groups in total. The largest absolute Gasteiger partial charge is 0.384 e. The van der Waals surface area contributed by atoms with Gasteiger partial charge in [-0.05, 0) is 36.8 Å². The van der Waals surface area contributed by atoms with Crippen molar-refractivity contribution in [2.24, 2.45) is 5.41 Å². The first-order valence-corrected chi connectivity index (χ1v) is 6.13. The van der Waals surface area contributed by atoms with Crippen molar-refractivity contribution in [1.82, 2.24) is 0 Å². The van der Waals surface area contributed by atoms with Gasteiger partial charge in [-0.2, -0.15) is 0 Å². The van der Waals surface area contributed by atoms with Crippen molar-refractivity contribution in [2.75, 3.05) is 11.9 Å². The number of nitro groups is 1. The number of anilines is 1. The van der Waals surface area contributed by atoms with Gasteiger partial charge in [-0.25, -0.2) is 0 Å². The fourth-order valence-electron chi connectivity index (χ4n) is 2.21. The lowest BCUT2D eigenvalue weighted by Gasteiger charge is -2.15. The van der Waals surface area contributed by atoms with E-state index in [1.54, 1.807) is 24.3 Å². The average Bonchev–Trinajstić information content (AvgIpc) is 3.08. The van der Waals surface area contributed by atoms with Gasteiger partial charge >= 0.3 is 0 Å². The Hall–Kier alpha value is -1.58. The highest BCUT2D eigenvalue weighted by molar-refractivity contribution is 5.48. The number of rotatable bonds is 6. The van der Waals surface area contributed by atoms with E-state index < -0.39 is 0 Å². The molecule has 0 spiro atoms. The maximum atomic E-state index is 10.5. The highest BCUT2D eigenvalue weighted by Crippen LogP contribution is 2.49. The first kappa shape index (κ1) is 11.9. The third kappa shape index (κ3) is 2.96. The zero-order valence-electron chi connectivity index (χ0n) is 10.1. The molecule has 4 heteroatoms. The summed E-state index contributed by atoms with van der Waals surface area (Å²) in [6.07, 6.45) is 5.11. The molecule has 1 aliphatic carbocycles. The van der Waals surface area contributed by atoms with E-state index in [0.717, 1.165) is 12.2 Å². The van der Waals surface area contributed by atoms with Gasteiger partial charge in [-0.3, -0.25) is 10.1 Å². The first-order valence-electron chi connectivity index (χ1n) is 6.13. The Morgan fingerprint density at radius 2 is 2.00 bits per heavy atom. The molecule has 0 atom stereocenters. The van der Waals surface area contributed by atoms with Crippen molar-refractivity contribution in [3.05, 3.63) is 34.4 Å². The number of hydrogen-bond donors (Lipinski definition) is 1. The van der Waals surface area contributed by atoms with Crippen molar-refractivity contribution < 1.29 is 4.92 Å². The summed E-state index contributed by atoms with van der Waals surface area (Å²) in [5, 5.41) is 13.9. The molecule has 0 radical (unpaired) electrons.